The first-order valence-electron chi connectivity index (χ1n) is 8.41. The van der Waals surface area contributed by atoms with Gasteiger partial charge in [-0.1, -0.05) is 31.0 Å². The second-order valence-electron chi connectivity index (χ2n) is 6.95. The van der Waals surface area contributed by atoms with E-state index in [1.54, 1.807) is 0 Å². The lowest BCUT2D eigenvalue weighted by molar-refractivity contribution is -0.104. The van der Waals surface area contributed by atoms with E-state index in [9.17, 15) is 0 Å². The van der Waals surface area contributed by atoms with Gasteiger partial charge in [-0.05, 0) is 43.6 Å². The Kier molecular flexibility index (Phi) is 3.41. The van der Waals surface area contributed by atoms with E-state index in [0.717, 1.165) is 56.5 Å². The summed E-state index contributed by atoms with van der Waals surface area (Å²) in [5, 5.41) is 3.38. The minimum atomic E-state index is -0.855. The number of fused-ring (bicyclic) bond motifs is 1. The number of nitrogens with one attached hydrogen (secondary N) is 1. The van der Waals surface area contributed by atoms with Crippen molar-refractivity contribution in [3.8, 4) is 0 Å². The van der Waals surface area contributed by atoms with Gasteiger partial charge < -0.3 is 10.1 Å². The van der Waals surface area contributed by atoms with E-state index in [4.69, 9.17) is 4.74 Å². The van der Waals surface area contributed by atoms with Crippen molar-refractivity contribution in [3.05, 3.63) is 29.3 Å². The molecule has 2 unspecified atom stereocenters. The van der Waals surface area contributed by atoms with Gasteiger partial charge in [-0.2, -0.15) is 0 Å². The smallest absolute Gasteiger partial charge is 0.130 e. The third-order valence-electron chi connectivity index (χ3n) is 5.64. The lowest BCUT2D eigenvalue weighted by Gasteiger charge is -2.39. The van der Waals surface area contributed by atoms with E-state index in [1.807, 2.05) is 12.1 Å². The fourth-order valence-electron chi connectivity index (χ4n) is 4.53. The van der Waals surface area contributed by atoms with Crippen LogP contribution in [0.1, 0.15) is 55.8 Å². The molecular formula is C18H24FNO. The van der Waals surface area contributed by atoms with Crippen LogP contribution in [0.3, 0.4) is 0 Å². The van der Waals surface area contributed by atoms with Crippen molar-refractivity contribution < 1.29 is 9.13 Å². The first-order chi connectivity index (χ1) is 10.3. The number of benzene rings is 1. The molecule has 4 rings (SSSR count). The minimum absolute atomic E-state index is 0.00135. The normalized spacial score (nSPS) is 28.3. The predicted octanol–water partition coefficient (Wildman–Crippen LogP) is 4.40. The van der Waals surface area contributed by atoms with E-state index >= 15 is 4.39 Å². The highest BCUT2D eigenvalue weighted by Crippen LogP contribution is 2.47. The molecule has 2 nitrogen and oxygen atoms in total. The number of alkyl halides is 1. The summed E-state index contributed by atoms with van der Waals surface area (Å²) in [4.78, 5) is 0. The van der Waals surface area contributed by atoms with Crippen LogP contribution in [0.2, 0.25) is 0 Å². The van der Waals surface area contributed by atoms with Gasteiger partial charge in [-0.3, -0.25) is 0 Å². The van der Waals surface area contributed by atoms with Crippen LogP contribution in [0, 0.1) is 5.92 Å². The molecule has 1 aliphatic carbocycles. The highest BCUT2D eigenvalue weighted by atomic mass is 19.1. The average molecular weight is 289 g/mol. The molecule has 0 aromatic heterocycles. The zero-order chi connectivity index (χ0) is 14.3. The maximum atomic E-state index is 15.2. The molecule has 3 aliphatic rings. The molecular weight excluding hydrogens is 265 g/mol. The molecule has 3 heteroatoms. The Morgan fingerprint density at radius 2 is 2.14 bits per heavy atom. The van der Waals surface area contributed by atoms with Crippen LogP contribution in [-0.2, 0) is 11.2 Å². The molecule has 0 bridgehead atoms. The summed E-state index contributed by atoms with van der Waals surface area (Å²) < 4.78 is 21.3. The molecule has 1 spiro atoms. The monoisotopic (exact) mass is 289 g/mol. The summed E-state index contributed by atoms with van der Waals surface area (Å²) >= 11 is 0. The number of hydrogen-bond acceptors (Lipinski definition) is 2. The maximum Gasteiger partial charge on any atom is 0.130 e. The van der Waals surface area contributed by atoms with E-state index < -0.39 is 6.17 Å². The van der Waals surface area contributed by atoms with Crippen molar-refractivity contribution in [1.29, 1.82) is 0 Å². The third kappa shape index (κ3) is 2.36. The predicted molar refractivity (Wildman–Crippen MR) is 82.4 cm³/mol. The van der Waals surface area contributed by atoms with Gasteiger partial charge in [0.2, 0.25) is 0 Å². The molecule has 21 heavy (non-hydrogen) atoms. The second kappa shape index (κ2) is 5.28. The molecule has 1 saturated heterocycles. The van der Waals surface area contributed by atoms with Crippen LogP contribution in [-0.4, -0.2) is 18.8 Å². The van der Waals surface area contributed by atoms with Gasteiger partial charge >= 0.3 is 0 Å². The van der Waals surface area contributed by atoms with E-state index in [1.165, 1.54) is 18.4 Å². The van der Waals surface area contributed by atoms with Gasteiger partial charge in [0.15, 0.2) is 0 Å². The van der Waals surface area contributed by atoms with Gasteiger partial charge in [0.05, 0.1) is 5.60 Å². The quantitative estimate of drug-likeness (QED) is 0.871. The molecule has 0 radical (unpaired) electrons. The van der Waals surface area contributed by atoms with Crippen LogP contribution in [0.4, 0.5) is 10.1 Å². The fraction of sp³-hybridized carbons (Fsp3) is 0.667. The molecule has 2 atom stereocenters. The number of halogens is 1. The van der Waals surface area contributed by atoms with Crippen LogP contribution in [0.25, 0.3) is 0 Å². The van der Waals surface area contributed by atoms with Crippen LogP contribution >= 0.6 is 0 Å². The first kappa shape index (κ1) is 13.6. The molecule has 2 aliphatic heterocycles. The molecule has 1 aromatic carbocycles. The van der Waals surface area contributed by atoms with Gasteiger partial charge in [0, 0.05) is 24.4 Å². The Hall–Kier alpha value is -1.09. The second-order valence-corrected chi connectivity index (χ2v) is 6.95. The van der Waals surface area contributed by atoms with Crippen LogP contribution in [0.15, 0.2) is 18.2 Å². The first-order valence-corrected chi connectivity index (χ1v) is 8.41. The Labute approximate surface area is 126 Å². The summed E-state index contributed by atoms with van der Waals surface area (Å²) in [6.07, 6.45) is 6.66. The van der Waals surface area contributed by atoms with Crippen molar-refractivity contribution in [2.24, 2.45) is 5.92 Å². The maximum absolute atomic E-state index is 15.2. The Bertz CT molecular complexity index is 524. The zero-order valence-corrected chi connectivity index (χ0v) is 12.5. The molecule has 1 N–H and O–H groups in total. The topological polar surface area (TPSA) is 21.3 Å². The van der Waals surface area contributed by atoms with Crippen LogP contribution < -0.4 is 5.32 Å². The Morgan fingerprint density at radius 3 is 3.00 bits per heavy atom. The fourth-order valence-corrected chi connectivity index (χ4v) is 4.53. The van der Waals surface area contributed by atoms with Crippen LogP contribution in [0.5, 0.6) is 0 Å². The summed E-state index contributed by atoms with van der Waals surface area (Å²) in [5.41, 5.74) is 3.22. The highest BCUT2D eigenvalue weighted by molar-refractivity contribution is 5.62. The molecule has 1 saturated carbocycles. The Morgan fingerprint density at radius 1 is 1.29 bits per heavy atom. The third-order valence-corrected chi connectivity index (χ3v) is 5.64. The van der Waals surface area contributed by atoms with Gasteiger partial charge in [0.1, 0.15) is 6.17 Å². The number of anilines is 1. The van der Waals surface area contributed by atoms with E-state index in [-0.39, 0.29) is 11.5 Å². The number of para-hydroxylation sites is 1. The number of hydrogen-bond donors (Lipinski definition) is 1. The van der Waals surface area contributed by atoms with Crippen molar-refractivity contribution in [2.75, 3.05) is 18.5 Å². The summed E-state index contributed by atoms with van der Waals surface area (Å²) in [7, 11) is 0. The average Bonchev–Trinajstić information content (AvgIpc) is 3.15. The molecule has 2 fully saturated rings. The Balaban J connectivity index is 1.57. The highest BCUT2D eigenvalue weighted by Gasteiger charge is 2.43. The number of rotatable bonds is 2. The van der Waals surface area contributed by atoms with E-state index in [0.29, 0.717) is 0 Å². The van der Waals surface area contributed by atoms with Crippen molar-refractivity contribution in [2.45, 2.75) is 56.7 Å². The van der Waals surface area contributed by atoms with Crippen molar-refractivity contribution >= 4 is 5.69 Å². The molecule has 0 amide bonds. The largest absolute Gasteiger partial charge is 0.384 e. The summed E-state index contributed by atoms with van der Waals surface area (Å²) in [5.74, 6) is 0.116. The molecule has 114 valence electrons. The lowest BCUT2D eigenvalue weighted by atomic mass is 9.80. The minimum Gasteiger partial charge on any atom is -0.384 e. The summed E-state index contributed by atoms with van der Waals surface area (Å²) in [6, 6.07) is 6.10. The van der Waals surface area contributed by atoms with E-state index in [2.05, 4.69) is 11.4 Å². The SMILES string of the molecule is FC(c1cccc2c1NCC2)C1CCOC2(CCCC2)C1. The molecule has 1 aromatic rings. The zero-order valence-electron chi connectivity index (χ0n) is 12.5. The van der Waals surface area contributed by atoms with Gasteiger partial charge in [-0.15, -0.1) is 0 Å². The molecule has 2 heterocycles. The summed E-state index contributed by atoms with van der Waals surface area (Å²) in [6.45, 7) is 1.67. The lowest BCUT2D eigenvalue weighted by Crippen LogP contribution is -2.38. The van der Waals surface area contributed by atoms with Gasteiger partial charge in [0.25, 0.3) is 0 Å². The van der Waals surface area contributed by atoms with Crippen molar-refractivity contribution in [3.63, 3.8) is 0 Å². The number of ether oxygens (including phenoxy) is 1. The standard InChI is InChI=1S/C18H24FNO/c19-16(15-5-3-4-13-6-10-20-17(13)15)14-7-11-21-18(12-14)8-1-2-9-18/h3-5,14,16,20H,1-2,6-12H2. The van der Waals surface area contributed by atoms with Gasteiger partial charge in [-0.25, -0.2) is 4.39 Å². The van der Waals surface area contributed by atoms with Crippen molar-refractivity contribution in [1.82, 2.24) is 0 Å².